The van der Waals surface area contributed by atoms with Crippen molar-refractivity contribution in [2.24, 2.45) is 0 Å². The van der Waals surface area contributed by atoms with Gasteiger partial charge < -0.3 is 5.32 Å². The number of hydrogen-bond donors (Lipinski definition) is 1. The van der Waals surface area contributed by atoms with Crippen LogP contribution in [0, 0.1) is 0 Å². The summed E-state index contributed by atoms with van der Waals surface area (Å²) < 4.78 is 0. The summed E-state index contributed by atoms with van der Waals surface area (Å²) in [4.78, 5) is 0. The number of anilines is 1. The summed E-state index contributed by atoms with van der Waals surface area (Å²) in [5, 5.41) is 3.48. The van der Waals surface area contributed by atoms with Gasteiger partial charge in [0.15, 0.2) is 0 Å². The van der Waals surface area contributed by atoms with Gasteiger partial charge in [0, 0.05) is 18.1 Å². The largest absolute Gasteiger partial charge is 0.385 e. The summed E-state index contributed by atoms with van der Waals surface area (Å²) in [5.41, 5.74) is 2.54. The van der Waals surface area contributed by atoms with Crippen LogP contribution in [0.15, 0.2) is 24.3 Å². The van der Waals surface area contributed by atoms with Gasteiger partial charge in [-0.2, -0.15) is 0 Å². The van der Waals surface area contributed by atoms with Gasteiger partial charge in [0.05, 0.1) is 0 Å². The van der Waals surface area contributed by atoms with E-state index in [2.05, 4.69) is 36.5 Å². The number of rotatable bonds is 11. The zero-order valence-corrected chi connectivity index (χ0v) is 13.0. The molecule has 0 aromatic heterocycles. The van der Waals surface area contributed by atoms with E-state index in [9.17, 15) is 0 Å². The Morgan fingerprint density at radius 3 is 2.16 bits per heavy atom. The number of nitrogens with one attached hydrogen (secondary N) is 1. The summed E-state index contributed by atoms with van der Waals surface area (Å²) in [6.45, 7) is 3.35. The van der Waals surface area contributed by atoms with Crippen LogP contribution in [0.1, 0.15) is 57.4 Å². The molecule has 0 unspecified atom stereocenters. The fraction of sp³-hybridized carbons (Fsp3) is 0.647. The summed E-state index contributed by atoms with van der Waals surface area (Å²) in [5.74, 6) is 0.699. The molecule has 1 rings (SSSR count). The molecular formula is C17H28ClN. The van der Waals surface area contributed by atoms with Gasteiger partial charge in [-0.3, -0.25) is 0 Å². The fourth-order valence-electron chi connectivity index (χ4n) is 2.21. The van der Waals surface area contributed by atoms with Crippen molar-refractivity contribution in [2.75, 3.05) is 17.7 Å². The molecule has 0 aliphatic heterocycles. The van der Waals surface area contributed by atoms with E-state index in [-0.39, 0.29) is 0 Å². The van der Waals surface area contributed by atoms with E-state index < -0.39 is 0 Å². The van der Waals surface area contributed by atoms with Crippen molar-refractivity contribution < 1.29 is 0 Å². The van der Waals surface area contributed by atoms with Crippen molar-refractivity contribution in [1.29, 1.82) is 0 Å². The van der Waals surface area contributed by atoms with Crippen molar-refractivity contribution in [3.05, 3.63) is 29.8 Å². The molecule has 1 nitrogen and oxygen atoms in total. The molecule has 0 amide bonds. The molecule has 0 bridgehead atoms. The molecule has 0 radical (unpaired) electrons. The zero-order chi connectivity index (χ0) is 13.8. The lowest BCUT2D eigenvalue weighted by Gasteiger charge is -2.07. The third-order valence-electron chi connectivity index (χ3n) is 3.45. The molecule has 0 saturated carbocycles. The lowest BCUT2D eigenvalue weighted by Crippen LogP contribution is -2.01. The van der Waals surface area contributed by atoms with Crippen molar-refractivity contribution in [1.82, 2.24) is 0 Å². The minimum atomic E-state index is 0.699. The number of halogens is 1. The smallest absolute Gasteiger partial charge is 0.0340 e. The van der Waals surface area contributed by atoms with Crippen LogP contribution in [0.4, 0.5) is 5.69 Å². The Balaban J connectivity index is 2.02. The van der Waals surface area contributed by atoms with E-state index in [0.717, 1.165) is 13.0 Å². The zero-order valence-electron chi connectivity index (χ0n) is 12.3. The fourth-order valence-corrected chi connectivity index (χ4v) is 2.43. The monoisotopic (exact) mass is 281 g/mol. The van der Waals surface area contributed by atoms with Crippen LogP contribution in [0.3, 0.4) is 0 Å². The van der Waals surface area contributed by atoms with Gasteiger partial charge in [0.1, 0.15) is 0 Å². The first-order chi connectivity index (χ1) is 9.36. The van der Waals surface area contributed by atoms with Crippen LogP contribution in [0.2, 0.25) is 0 Å². The van der Waals surface area contributed by atoms with Crippen molar-refractivity contribution >= 4 is 17.3 Å². The maximum Gasteiger partial charge on any atom is 0.0340 e. The highest BCUT2D eigenvalue weighted by atomic mass is 35.5. The highest BCUT2D eigenvalue weighted by Gasteiger charge is 1.95. The SMILES string of the molecule is CCCCCCCCCNc1ccc(CCCl)cc1. The van der Waals surface area contributed by atoms with Crippen LogP contribution in [-0.4, -0.2) is 12.4 Å². The summed E-state index contributed by atoms with van der Waals surface area (Å²) in [7, 11) is 0. The first kappa shape index (κ1) is 16.4. The molecule has 1 aromatic rings. The normalized spacial score (nSPS) is 10.6. The summed E-state index contributed by atoms with van der Waals surface area (Å²) in [6, 6.07) is 8.64. The average Bonchev–Trinajstić information content (AvgIpc) is 2.44. The first-order valence-corrected chi connectivity index (χ1v) is 8.29. The van der Waals surface area contributed by atoms with E-state index in [0.29, 0.717) is 5.88 Å². The second kappa shape index (κ2) is 11.2. The summed E-state index contributed by atoms with van der Waals surface area (Å²) in [6.07, 6.45) is 10.5. The molecule has 108 valence electrons. The molecule has 0 saturated heterocycles. The Labute approximate surface area is 123 Å². The quantitative estimate of drug-likeness (QED) is 0.409. The highest BCUT2D eigenvalue weighted by molar-refractivity contribution is 6.17. The van der Waals surface area contributed by atoms with E-state index >= 15 is 0 Å². The molecule has 0 aliphatic rings. The molecule has 2 heteroatoms. The molecule has 0 heterocycles. The predicted molar refractivity (Wildman–Crippen MR) is 87.3 cm³/mol. The number of benzene rings is 1. The van der Waals surface area contributed by atoms with E-state index in [1.165, 1.54) is 56.2 Å². The molecular weight excluding hydrogens is 254 g/mol. The van der Waals surface area contributed by atoms with Crippen molar-refractivity contribution in [3.8, 4) is 0 Å². The number of alkyl halides is 1. The van der Waals surface area contributed by atoms with Gasteiger partial charge in [0.25, 0.3) is 0 Å². The second-order valence-electron chi connectivity index (χ2n) is 5.18. The molecule has 19 heavy (non-hydrogen) atoms. The molecule has 0 aliphatic carbocycles. The standard InChI is InChI=1S/C17H28ClN/c1-2-3-4-5-6-7-8-15-19-17-11-9-16(10-12-17)13-14-18/h9-12,19H,2-8,13-15H2,1H3. The average molecular weight is 282 g/mol. The van der Waals surface area contributed by atoms with Gasteiger partial charge in [-0.1, -0.05) is 57.6 Å². The molecule has 1 aromatic carbocycles. The molecule has 1 N–H and O–H groups in total. The Kier molecular flexibility index (Phi) is 9.61. The van der Waals surface area contributed by atoms with Crippen LogP contribution >= 0.6 is 11.6 Å². The molecule has 0 spiro atoms. The maximum absolute atomic E-state index is 5.72. The van der Waals surface area contributed by atoms with Crippen molar-refractivity contribution in [2.45, 2.75) is 58.3 Å². The van der Waals surface area contributed by atoms with Gasteiger partial charge >= 0.3 is 0 Å². The number of hydrogen-bond acceptors (Lipinski definition) is 1. The number of unbranched alkanes of at least 4 members (excludes halogenated alkanes) is 6. The topological polar surface area (TPSA) is 12.0 Å². The second-order valence-corrected chi connectivity index (χ2v) is 5.56. The lowest BCUT2D eigenvalue weighted by molar-refractivity contribution is 0.596. The first-order valence-electron chi connectivity index (χ1n) is 7.75. The maximum atomic E-state index is 5.72. The Hall–Kier alpha value is -0.690. The minimum Gasteiger partial charge on any atom is -0.385 e. The number of aryl methyl sites for hydroxylation is 1. The molecule has 0 fully saturated rings. The van der Waals surface area contributed by atoms with Crippen LogP contribution < -0.4 is 5.32 Å². The Morgan fingerprint density at radius 1 is 0.895 bits per heavy atom. The molecule has 0 atom stereocenters. The van der Waals surface area contributed by atoms with Crippen LogP contribution in [0.25, 0.3) is 0 Å². The lowest BCUT2D eigenvalue weighted by atomic mass is 10.1. The van der Waals surface area contributed by atoms with E-state index in [4.69, 9.17) is 11.6 Å². The van der Waals surface area contributed by atoms with Gasteiger partial charge in [0.2, 0.25) is 0 Å². The van der Waals surface area contributed by atoms with Crippen LogP contribution in [0.5, 0.6) is 0 Å². The summed E-state index contributed by atoms with van der Waals surface area (Å²) >= 11 is 5.72. The van der Waals surface area contributed by atoms with Crippen LogP contribution in [-0.2, 0) is 6.42 Å². The van der Waals surface area contributed by atoms with E-state index in [1.807, 2.05) is 0 Å². The highest BCUT2D eigenvalue weighted by Crippen LogP contribution is 2.11. The Bertz CT molecular complexity index is 308. The van der Waals surface area contributed by atoms with Gasteiger partial charge in [-0.15, -0.1) is 11.6 Å². The Morgan fingerprint density at radius 2 is 1.53 bits per heavy atom. The third kappa shape index (κ3) is 8.15. The minimum absolute atomic E-state index is 0.699. The third-order valence-corrected chi connectivity index (χ3v) is 3.64. The van der Waals surface area contributed by atoms with Crippen molar-refractivity contribution in [3.63, 3.8) is 0 Å². The predicted octanol–water partition coefficient (Wildman–Crippen LogP) is 5.63. The van der Waals surface area contributed by atoms with E-state index in [1.54, 1.807) is 0 Å². The van der Waals surface area contributed by atoms with Gasteiger partial charge in [-0.25, -0.2) is 0 Å². The van der Waals surface area contributed by atoms with Gasteiger partial charge in [-0.05, 0) is 30.5 Å².